The lowest BCUT2D eigenvalue weighted by Gasteiger charge is -2.03. The molecule has 0 amide bonds. The molecule has 0 fully saturated rings. The van der Waals surface area contributed by atoms with Crippen LogP contribution in [0.5, 0.6) is 0 Å². The van der Waals surface area contributed by atoms with Crippen molar-refractivity contribution in [1.29, 1.82) is 0 Å². The van der Waals surface area contributed by atoms with E-state index in [-0.39, 0.29) is 5.03 Å². The summed E-state index contributed by atoms with van der Waals surface area (Å²) in [6.07, 6.45) is 5.65. The topological polar surface area (TPSA) is 74.8 Å². The van der Waals surface area contributed by atoms with E-state index in [1.54, 1.807) is 0 Å². The van der Waals surface area contributed by atoms with Crippen molar-refractivity contribution in [3.8, 4) is 0 Å². The number of unbranched alkanes of at least 4 members (excludes halogenated alkanes) is 3. The summed E-state index contributed by atoms with van der Waals surface area (Å²) in [5.41, 5.74) is 0. The maximum Gasteiger partial charge on any atom is 0.257 e. The molecular formula is C9H17N3O2S. The third kappa shape index (κ3) is 4.01. The van der Waals surface area contributed by atoms with E-state index in [1.165, 1.54) is 12.3 Å². The number of aromatic amines is 1. The van der Waals surface area contributed by atoms with Gasteiger partial charge in [-0.2, -0.15) is 5.10 Å². The van der Waals surface area contributed by atoms with Crippen LogP contribution in [0, 0.1) is 0 Å². The highest BCUT2D eigenvalue weighted by Crippen LogP contribution is 2.03. The van der Waals surface area contributed by atoms with E-state index in [1.807, 2.05) is 0 Å². The minimum absolute atomic E-state index is 0.123. The summed E-state index contributed by atoms with van der Waals surface area (Å²) in [6.45, 7) is 2.61. The molecule has 0 bridgehead atoms. The van der Waals surface area contributed by atoms with Gasteiger partial charge in [0.05, 0.1) is 6.20 Å². The highest BCUT2D eigenvalue weighted by Gasteiger charge is 2.13. The Kier molecular flexibility index (Phi) is 4.77. The number of sulfonamides is 1. The predicted octanol–water partition coefficient (Wildman–Crippen LogP) is 1.27. The summed E-state index contributed by atoms with van der Waals surface area (Å²) in [6, 6.07) is 1.44. The molecule has 0 spiro atoms. The maximum atomic E-state index is 11.5. The second-order valence-corrected chi connectivity index (χ2v) is 5.11. The third-order valence-corrected chi connectivity index (χ3v) is 3.48. The molecule has 0 saturated heterocycles. The Labute approximate surface area is 90.3 Å². The van der Waals surface area contributed by atoms with Crippen molar-refractivity contribution in [1.82, 2.24) is 14.9 Å². The Balaban J connectivity index is 2.32. The van der Waals surface area contributed by atoms with Gasteiger partial charge >= 0.3 is 0 Å². The highest BCUT2D eigenvalue weighted by atomic mass is 32.2. The second-order valence-electron chi connectivity index (χ2n) is 3.38. The lowest BCUT2D eigenvalue weighted by molar-refractivity contribution is 0.569. The molecule has 0 unspecified atom stereocenters. The number of H-pyrrole nitrogens is 1. The fourth-order valence-electron chi connectivity index (χ4n) is 1.23. The molecular weight excluding hydrogens is 214 g/mol. The summed E-state index contributed by atoms with van der Waals surface area (Å²) >= 11 is 0. The lowest BCUT2D eigenvalue weighted by Crippen LogP contribution is -2.25. The van der Waals surface area contributed by atoms with Crippen LogP contribution in [0.2, 0.25) is 0 Å². The van der Waals surface area contributed by atoms with Crippen LogP contribution in [0.3, 0.4) is 0 Å². The summed E-state index contributed by atoms with van der Waals surface area (Å²) in [7, 11) is -3.37. The first-order chi connectivity index (χ1) is 7.17. The third-order valence-electron chi connectivity index (χ3n) is 2.09. The summed E-state index contributed by atoms with van der Waals surface area (Å²) in [5.74, 6) is 0. The number of nitrogens with zero attached hydrogens (tertiary/aromatic N) is 1. The number of aromatic nitrogens is 2. The molecule has 6 heteroatoms. The quantitative estimate of drug-likeness (QED) is 0.694. The van der Waals surface area contributed by atoms with Crippen LogP contribution < -0.4 is 4.72 Å². The molecule has 1 rings (SSSR count). The fraction of sp³-hybridized carbons (Fsp3) is 0.667. The van der Waals surface area contributed by atoms with E-state index < -0.39 is 10.0 Å². The Bertz CT molecular complexity index is 359. The molecule has 0 radical (unpaired) electrons. The van der Waals surface area contributed by atoms with Crippen LogP contribution in [-0.2, 0) is 10.0 Å². The molecule has 86 valence electrons. The molecule has 0 aromatic carbocycles. The molecule has 0 atom stereocenters. The van der Waals surface area contributed by atoms with Gasteiger partial charge in [0.1, 0.15) is 0 Å². The zero-order valence-corrected chi connectivity index (χ0v) is 9.68. The number of hydrogen-bond acceptors (Lipinski definition) is 3. The van der Waals surface area contributed by atoms with Crippen molar-refractivity contribution in [3.05, 3.63) is 12.3 Å². The first kappa shape index (κ1) is 12.2. The summed E-state index contributed by atoms with van der Waals surface area (Å²) in [4.78, 5) is 0. The van der Waals surface area contributed by atoms with Gasteiger partial charge in [0.2, 0.25) is 0 Å². The van der Waals surface area contributed by atoms with E-state index >= 15 is 0 Å². The van der Waals surface area contributed by atoms with Gasteiger partial charge in [0.25, 0.3) is 10.0 Å². The Morgan fingerprint density at radius 2 is 2.20 bits per heavy atom. The van der Waals surface area contributed by atoms with Crippen molar-refractivity contribution < 1.29 is 8.42 Å². The van der Waals surface area contributed by atoms with Gasteiger partial charge in [0, 0.05) is 6.54 Å². The van der Waals surface area contributed by atoms with Crippen LogP contribution in [-0.4, -0.2) is 25.2 Å². The van der Waals surface area contributed by atoms with Crippen LogP contribution in [0.1, 0.15) is 32.6 Å². The van der Waals surface area contributed by atoms with Gasteiger partial charge in [-0.05, 0) is 12.5 Å². The zero-order valence-electron chi connectivity index (χ0n) is 8.86. The van der Waals surface area contributed by atoms with Crippen LogP contribution in [0.15, 0.2) is 17.3 Å². The summed E-state index contributed by atoms with van der Waals surface area (Å²) < 4.78 is 25.6. The molecule has 1 aromatic rings. The first-order valence-electron chi connectivity index (χ1n) is 5.16. The van der Waals surface area contributed by atoms with Gasteiger partial charge in [-0.3, -0.25) is 5.10 Å². The van der Waals surface area contributed by atoms with Gasteiger partial charge in [0.15, 0.2) is 5.03 Å². The molecule has 0 saturated carbocycles. The van der Waals surface area contributed by atoms with E-state index in [0.29, 0.717) is 6.54 Å². The van der Waals surface area contributed by atoms with E-state index in [9.17, 15) is 8.42 Å². The zero-order chi connectivity index (χ0) is 11.1. The van der Waals surface area contributed by atoms with Crippen molar-refractivity contribution in [2.75, 3.05) is 6.54 Å². The van der Waals surface area contributed by atoms with Crippen LogP contribution in [0.4, 0.5) is 0 Å². The fourth-order valence-corrected chi connectivity index (χ4v) is 2.21. The first-order valence-corrected chi connectivity index (χ1v) is 6.64. The van der Waals surface area contributed by atoms with Crippen molar-refractivity contribution in [2.24, 2.45) is 0 Å². The predicted molar refractivity (Wildman–Crippen MR) is 57.9 cm³/mol. The van der Waals surface area contributed by atoms with Gasteiger partial charge < -0.3 is 0 Å². The monoisotopic (exact) mass is 231 g/mol. The molecule has 0 aliphatic carbocycles. The molecule has 0 aliphatic rings. The van der Waals surface area contributed by atoms with Crippen LogP contribution in [0.25, 0.3) is 0 Å². The molecule has 1 aromatic heterocycles. The smallest absolute Gasteiger partial charge is 0.257 e. The largest absolute Gasteiger partial charge is 0.266 e. The van der Waals surface area contributed by atoms with Crippen molar-refractivity contribution in [2.45, 2.75) is 37.6 Å². The minimum Gasteiger partial charge on any atom is -0.266 e. The Hall–Kier alpha value is -0.880. The van der Waals surface area contributed by atoms with Gasteiger partial charge in [-0.25, -0.2) is 13.1 Å². The number of nitrogens with one attached hydrogen (secondary N) is 2. The standard InChI is InChI=1S/C9H17N3O2S/c1-2-3-4-5-7-11-15(13,14)9-6-8-10-12-9/h6,8,11H,2-5,7H2,1H3,(H,10,12). The molecule has 15 heavy (non-hydrogen) atoms. The van der Waals surface area contributed by atoms with E-state index in [2.05, 4.69) is 21.8 Å². The minimum atomic E-state index is -3.37. The SMILES string of the molecule is CCCCCCNS(=O)(=O)c1ccn[nH]1. The maximum absolute atomic E-state index is 11.5. The highest BCUT2D eigenvalue weighted by molar-refractivity contribution is 7.89. The Morgan fingerprint density at radius 3 is 2.80 bits per heavy atom. The molecule has 2 N–H and O–H groups in total. The molecule has 5 nitrogen and oxygen atoms in total. The lowest BCUT2D eigenvalue weighted by atomic mass is 10.2. The number of hydrogen-bond donors (Lipinski definition) is 2. The Morgan fingerprint density at radius 1 is 1.40 bits per heavy atom. The normalized spacial score (nSPS) is 11.8. The average Bonchev–Trinajstić information content (AvgIpc) is 2.70. The van der Waals surface area contributed by atoms with E-state index in [0.717, 1.165) is 25.7 Å². The molecule has 0 aliphatic heterocycles. The molecule has 1 heterocycles. The second kappa shape index (κ2) is 5.87. The van der Waals surface area contributed by atoms with Gasteiger partial charge in [-0.1, -0.05) is 26.2 Å². The van der Waals surface area contributed by atoms with Crippen molar-refractivity contribution in [3.63, 3.8) is 0 Å². The number of rotatable bonds is 7. The summed E-state index contributed by atoms with van der Waals surface area (Å²) in [5, 5.41) is 6.15. The van der Waals surface area contributed by atoms with Gasteiger partial charge in [-0.15, -0.1) is 0 Å². The van der Waals surface area contributed by atoms with E-state index in [4.69, 9.17) is 0 Å². The van der Waals surface area contributed by atoms with Crippen molar-refractivity contribution >= 4 is 10.0 Å². The van der Waals surface area contributed by atoms with Crippen LogP contribution >= 0.6 is 0 Å². The average molecular weight is 231 g/mol.